The quantitative estimate of drug-likeness (QED) is 0.780. The average molecular weight is 299 g/mol. The second-order valence-electron chi connectivity index (χ2n) is 6.90. The van der Waals surface area contributed by atoms with E-state index in [1.807, 2.05) is 42.6 Å². The van der Waals surface area contributed by atoms with Gasteiger partial charge in [0.15, 0.2) is 0 Å². The summed E-state index contributed by atoms with van der Waals surface area (Å²) in [5.74, 6) is 2.57. The van der Waals surface area contributed by atoms with Crippen molar-refractivity contribution in [2.45, 2.75) is 19.4 Å². The van der Waals surface area contributed by atoms with Crippen molar-refractivity contribution in [1.29, 1.82) is 0 Å². The molecule has 1 aliphatic heterocycles. The van der Waals surface area contributed by atoms with Gasteiger partial charge < -0.3 is 16.4 Å². The SMILES string of the molecule is CC(C)(NC(=O)C1[C@H]2CNC[C@@H]12)c1nc(N)c2ccccn12. The van der Waals surface area contributed by atoms with Gasteiger partial charge in [-0.1, -0.05) is 6.07 Å². The van der Waals surface area contributed by atoms with Gasteiger partial charge in [-0.25, -0.2) is 4.98 Å². The molecule has 4 N–H and O–H groups in total. The first-order valence-electron chi connectivity index (χ1n) is 7.75. The van der Waals surface area contributed by atoms with Gasteiger partial charge >= 0.3 is 0 Å². The zero-order valence-corrected chi connectivity index (χ0v) is 12.8. The van der Waals surface area contributed by atoms with E-state index in [2.05, 4.69) is 15.6 Å². The third-order valence-corrected chi connectivity index (χ3v) is 4.97. The fraction of sp³-hybridized carbons (Fsp3) is 0.500. The van der Waals surface area contributed by atoms with Crippen molar-refractivity contribution in [3.63, 3.8) is 0 Å². The van der Waals surface area contributed by atoms with Crippen LogP contribution < -0.4 is 16.4 Å². The van der Waals surface area contributed by atoms with Crippen LogP contribution in [-0.2, 0) is 10.3 Å². The first kappa shape index (κ1) is 13.6. The van der Waals surface area contributed by atoms with Crippen molar-refractivity contribution in [2.24, 2.45) is 17.8 Å². The number of carbonyl (C=O) groups is 1. The van der Waals surface area contributed by atoms with Gasteiger partial charge in [0.25, 0.3) is 0 Å². The lowest BCUT2D eigenvalue weighted by molar-refractivity contribution is -0.124. The highest BCUT2D eigenvalue weighted by Crippen LogP contribution is 2.49. The number of nitrogens with one attached hydrogen (secondary N) is 2. The highest BCUT2D eigenvalue weighted by Gasteiger charge is 2.57. The number of hydrogen-bond acceptors (Lipinski definition) is 4. The Hall–Kier alpha value is -2.08. The topological polar surface area (TPSA) is 84.5 Å². The summed E-state index contributed by atoms with van der Waals surface area (Å²) in [5, 5.41) is 6.48. The van der Waals surface area contributed by atoms with E-state index in [9.17, 15) is 4.79 Å². The summed E-state index contributed by atoms with van der Waals surface area (Å²) in [7, 11) is 0. The summed E-state index contributed by atoms with van der Waals surface area (Å²) in [6, 6.07) is 5.80. The summed E-state index contributed by atoms with van der Waals surface area (Å²) in [6.45, 7) is 5.87. The number of hydrogen-bond donors (Lipinski definition) is 3. The van der Waals surface area contributed by atoms with Gasteiger partial charge in [0.05, 0.1) is 11.1 Å². The molecule has 2 aliphatic rings. The Morgan fingerprint density at radius 1 is 1.41 bits per heavy atom. The van der Waals surface area contributed by atoms with Gasteiger partial charge in [-0.3, -0.25) is 9.20 Å². The summed E-state index contributed by atoms with van der Waals surface area (Å²) in [6.07, 6.45) is 1.93. The second kappa shape index (κ2) is 4.46. The molecule has 0 bridgehead atoms. The molecule has 22 heavy (non-hydrogen) atoms. The number of aromatic nitrogens is 2. The molecule has 2 fully saturated rings. The van der Waals surface area contributed by atoms with E-state index in [1.165, 1.54) is 0 Å². The molecule has 116 valence electrons. The second-order valence-corrected chi connectivity index (χ2v) is 6.90. The predicted octanol–water partition coefficient (Wildman–Crippen LogP) is 0.733. The van der Waals surface area contributed by atoms with Crippen molar-refractivity contribution < 1.29 is 4.79 Å². The van der Waals surface area contributed by atoms with Crippen LogP contribution in [0.1, 0.15) is 19.7 Å². The summed E-state index contributed by atoms with van der Waals surface area (Å²) in [5.41, 5.74) is 6.30. The first-order valence-corrected chi connectivity index (χ1v) is 7.75. The fourth-order valence-electron chi connectivity index (χ4n) is 3.76. The van der Waals surface area contributed by atoms with Crippen LogP contribution in [0.25, 0.3) is 5.52 Å². The minimum absolute atomic E-state index is 0.132. The number of fused-ring (bicyclic) bond motifs is 2. The third kappa shape index (κ3) is 1.90. The molecule has 6 heteroatoms. The van der Waals surface area contributed by atoms with Crippen molar-refractivity contribution in [2.75, 3.05) is 18.8 Å². The van der Waals surface area contributed by atoms with Crippen LogP contribution in [0.15, 0.2) is 24.4 Å². The predicted molar refractivity (Wildman–Crippen MR) is 84.1 cm³/mol. The van der Waals surface area contributed by atoms with Crippen molar-refractivity contribution in [3.05, 3.63) is 30.2 Å². The molecule has 1 amide bonds. The number of carbonyl (C=O) groups excluding carboxylic acids is 1. The highest BCUT2D eigenvalue weighted by molar-refractivity contribution is 5.83. The van der Waals surface area contributed by atoms with Gasteiger partial charge in [0, 0.05) is 12.1 Å². The fourth-order valence-corrected chi connectivity index (χ4v) is 3.76. The van der Waals surface area contributed by atoms with Gasteiger partial charge in [-0.15, -0.1) is 0 Å². The van der Waals surface area contributed by atoms with Crippen LogP contribution in [-0.4, -0.2) is 28.4 Å². The average Bonchev–Trinajstić information content (AvgIpc) is 2.82. The van der Waals surface area contributed by atoms with Gasteiger partial charge in [0.1, 0.15) is 11.6 Å². The van der Waals surface area contributed by atoms with Crippen LogP contribution in [0.5, 0.6) is 0 Å². The van der Waals surface area contributed by atoms with E-state index in [0.717, 1.165) is 24.4 Å². The zero-order valence-electron chi connectivity index (χ0n) is 12.8. The Balaban J connectivity index is 1.61. The number of anilines is 1. The maximum absolute atomic E-state index is 12.5. The largest absolute Gasteiger partial charge is 0.382 e. The normalized spacial score (nSPS) is 26.9. The Bertz CT molecular complexity index is 740. The van der Waals surface area contributed by atoms with Crippen molar-refractivity contribution in [1.82, 2.24) is 20.0 Å². The molecule has 0 aromatic carbocycles. The number of nitrogens with two attached hydrogens (primary N) is 1. The molecule has 0 spiro atoms. The standard InChI is InChI=1S/C16H21N5O/c1-16(2,20-14(22)12-9-7-18-8-10(9)12)15-19-13(17)11-5-3-4-6-21(11)15/h3-6,9-10,12,18H,7-8,17H2,1-2H3,(H,20,22)/t9-,10+,12?. The Kier molecular flexibility index (Phi) is 2.75. The smallest absolute Gasteiger partial charge is 0.224 e. The molecule has 1 saturated carbocycles. The summed E-state index contributed by atoms with van der Waals surface area (Å²) in [4.78, 5) is 17.0. The minimum atomic E-state index is -0.566. The number of piperidine rings is 1. The molecule has 0 radical (unpaired) electrons. The Morgan fingerprint density at radius 3 is 2.86 bits per heavy atom. The maximum Gasteiger partial charge on any atom is 0.224 e. The van der Waals surface area contributed by atoms with Gasteiger partial charge in [0.2, 0.25) is 5.91 Å². The van der Waals surface area contributed by atoms with E-state index < -0.39 is 5.54 Å². The van der Waals surface area contributed by atoms with E-state index in [-0.39, 0.29) is 11.8 Å². The molecular formula is C16H21N5O. The lowest BCUT2D eigenvalue weighted by Crippen LogP contribution is -2.44. The number of nitrogens with zero attached hydrogens (tertiary/aromatic N) is 2. The van der Waals surface area contributed by atoms with Gasteiger partial charge in [-0.05, 0) is 50.9 Å². The minimum Gasteiger partial charge on any atom is -0.382 e. The molecule has 1 unspecified atom stereocenters. The summed E-state index contributed by atoms with van der Waals surface area (Å²) >= 11 is 0. The van der Waals surface area contributed by atoms with E-state index in [4.69, 9.17) is 5.73 Å². The summed E-state index contributed by atoms with van der Waals surface area (Å²) < 4.78 is 1.95. The monoisotopic (exact) mass is 299 g/mol. The lowest BCUT2D eigenvalue weighted by atomic mass is 10.0. The van der Waals surface area contributed by atoms with Crippen LogP contribution in [0, 0.1) is 17.8 Å². The Labute approximate surface area is 129 Å². The van der Waals surface area contributed by atoms with E-state index >= 15 is 0 Å². The van der Waals surface area contributed by atoms with Crippen LogP contribution in [0.2, 0.25) is 0 Å². The molecule has 4 rings (SSSR count). The molecule has 3 heterocycles. The molecule has 2 aromatic heterocycles. The zero-order chi connectivity index (χ0) is 15.5. The number of nitrogen functional groups attached to an aromatic ring is 1. The molecule has 6 nitrogen and oxygen atoms in total. The van der Waals surface area contributed by atoms with Crippen LogP contribution >= 0.6 is 0 Å². The first-order chi connectivity index (χ1) is 10.5. The van der Waals surface area contributed by atoms with Crippen LogP contribution in [0.3, 0.4) is 0 Å². The third-order valence-electron chi connectivity index (χ3n) is 4.97. The molecule has 1 aliphatic carbocycles. The van der Waals surface area contributed by atoms with Crippen LogP contribution in [0.4, 0.5) is 5.82 Å². The van der Waals surface area contributed by atoms with Gasteiger partial charge in [-0.2, -0.15) is 0 Å². The highest BCUT2D eigenvalue weighted by atomic mass is 16.2. The van der Waals surface area contributed by atoms with E-state index in [1.54, 1.807) is 0 Å². The Morgan fingerprint density at radius 2 is 2.14 bits per heavy atom. The number of imidazole rings is 1. The maximum atomic E-state index is 12.5. The molecule has 2 aromatic rings. The lowest BCUT2D eigenvalue weighted by Gasteiger charge is -2.25. The number of pyridine rings is 1. The molecule has 1 saturated heterocycles. The number of rotatable bonds is 3. The van der Waals surface area contributed by atoms with E-state index in [0.29, 0.717) is 17.7 Å². The molecule has 3 atom stereocenters. The number of amides is 1. The van der Waals surface area contributed by atoms with Crippen molar-refractivity contribution >= 4 is 17.2 Å². The molecular weight excluding hydrogens is 278 g/mol. The van der Waals surface area contributed by atoms with Crippen molar-refractivity contribution in [3.8, 4) is 0 Å².